The second-order valence-electron chi connectivity index (χ2n) is 13.8. The van der Waals surface area contributed by atoms with E-state index >= 15 is 0 Å². The number of fused-ring (bicyclic) bond motifs is 1. The first-order valence-electron chi connectivity index (χ1n) is 16.7. The van der Waals surface area contributed by atoms with Gasteiger partial charge >= 0.3 is 11.8 Å². The molecule has 12 nitrogen and oxygen atoms in total. The van der Waals surface area contributed by atoms with E-state index in [-0.39, 0.29) is 30.7 Å². The third-order valence-corrected chi connectivity index (χ3v) is 11.2. The van der Waals surface area contributed by atoms with Crippen LogP contribution in [0, 0.1) is 23.7 Å². The fourth-order valence-corrected chi connectivity index (χ4v) is 8.93. The molecule has 2 atom stereocenters. The molecule has 2 heterocycles. The van der Waals surface area contributed by atoms with E-state index in [2.05, 4.69) is 36.1 Å². The number of rotatable bonds is 12. The Balaban J connectivity index is 1.07. The van der Waals surface area contributed by atoms with Gasteiger partial charge in [0.2, 0.25) is 11.8 Å². The number of thioether (sulfide) groups is 1. The Morgan fingerprint density at radius 1 is 1.00 bits per heavy atom. The summed E-state index contributed by atoms with van der Waals surface area (Å²) in [4.78, 5) is 57.9. The minimum Gasteiger partial charge on any atom is -0.446 e. The summed E-state index contributed by atoms with van der Waals surface area (Å²) in [6.07, 6.45) is 7.16. The topological polar surface area (TPSA) is 174 Å². The lowest BCUT2D eigenvalue weighted by Crippen LogP contribution is -2.60. The number of nitrogens with one attached hydrogen (secondary N) is 6. The highest BCUT2D eigenvalue weighted by molar-refractivity contribution is 7.99. The monoisotopic (exact) mass is 671 g/mol. The molecule has 6 N–H and O–H groups in total. The Hall–Kier alpha value is -4.52. The highest BCUT2D eigenvalue weighted by atomic mass is 32.2. The Morgan fingerprint density at radius 2 is 1.71 bits per heavy atom. The number of H-pyrrole nitrogens is 3. The SMILES string of the molecule is C[C@](Cc1c[nH]c2ccccc12)(NC(=O)OC1C2CC3CC(C2)CC1C3)C(=O)NC[C@H](NC(=O)CSc1n[nH]c(=O)[nH]1)c1ccccc1. The van der Waals surface area contributed by atoms with Crippen molar-refractivity contribution >= 4 is 40.6 Å². The smallest absolute Gasteiger partial charge is 0.408 e. The van der Waals surface area contributed by atoms with Crippen molar-refractivity contribution in [2.45, 2.75) is 68.3 Å². The van der Waals surface area contributed by atoms with Crippen molar-refractivity contribution in [3.8, 4) is 0 Å². The Bertz CT molecular complexity index is 1810. The highest BCUT2D eigenvalue weighted by Gasteiger charge is 2.50. The molecule has 13 heteroatoms. The van der Waals surface area contributed by atoms with Crippen LogP contribution < -0.4 is 21.6 Å². The normalized spacial score (nSPS) is 24.5. The van der Waals surface area contributed by atoms with Gasteiger partial charge in [-0.05, 0) is 79.9 Å². The minimum atomic E-state index is -1.36. The van der Waals surface area contributed by atoms with E-state index in [1.54, 1.807) is 6.92 Å². The van der Waals surface area contributed by atoms with Gasteiger partial charge in [0.15, 0.2) is 5.16 Å². The molecule has 0 aliphatic heterocycles. The number of amides is 3. The first kappa shape index (κ1) is 32.0. The first-order chi connectivity index (χ1) is 23.2. The maximum Gasteiger partial charge on any atom is 0.408 e. The highest BCUT2D eigenvalue weighted by Crippen LogP contribution is 2.54. The number of carbonyl (C=O) groups is 3. The van der Waals surface area contributed by atoms with Crippen LogP contribution in [-0.4, -0.2) is 62.0 Å². The van der Waals surface area contributed by atoms with E-state index in [0.29, 0.717) is 17.0 Å². The lowest BCUT2D eigenvalue weighted by atomic mass is 9.55. The Labute approximate surface area is 282 Å². The summed E-state index contributed by atoms with van der Waals surface area (Å²) < 4.78 is 6.17. The average Bonchev–Trinajstić information content (AvgIpc) is 3.69. The summed E-state index contributed by atoms with van der Waals surface area (Å²) in [6.45, 7) is 1.80. The lowest BCUT2D eigenvalue weighted by Gasteiger charge is -2.53. The first-order valence-corrected chi connectivity index (χ1v) is 17.6. The Kier molecular flexibility index (Phi) is 9.04. The number of ether oxygens (including phenoxy) is 1. The van der Waals surface area contributed by atoms with Crippen molar-refractivity contribution in [3.63, 3.8) is 0 Å². The molecule has 4 aromatic rings. The molecular formula is C35H41N7O5S. The van der Waals surface area contributed by atoms with E-state index in [1.165, 1.54) is 6.42 Å². The van der Waals surface area contributed by atoms with E-state index in [1.807, 2.05) is 60.8 Å². The van der Waals surface area contributed by atoms with Gasteiger partial charge in [-0.1, -0.05) is 60.3 Å². The molecule has 8 rings (SSSR count). The quantitative estimate of drug-likeness (QED) is 0.123. The molecule has 2 aromatic heterocycles. The van der Waals surface area contributed by atoms with Gasteiger partial charge in [-0.25, -0.2) is 14.7 Å². The van der Waals surface area contributed by atoms with Gasteiger partial charge < -0.3 is 25.7 Å². The predicted octanol–water partition coefficient (Wildman–Crippen LogP) is 4.20. The molecule has 0 radical (unpaired) electrons. The molecule has 3 amide bonds. The number of nitrogens with zero attached hydrogens (tertiary/aromatic N) is 1. The van der Waals surface area contributed by atoms with Crippen LogP contribution in [0.25, 0.3) is 10.9 Å². The van der Waals surface area contributed by atoms with Gasteiger partial charge in [0.05, 0.1) is 11.8 Å². The zero-order valence-corrected chi connectivity index (χ0v) is 27.6. The molecule has 4 aliphatic rings. The van der Waals surface area contributed by atoms with Crippen LogP contribution in [0.4, 0.5) is 4.79 Å². The molecule has 4 saturated carbocycles. The maximum absolute atomic E-state index is 14.2. The Morgan fingerprint density at radius 3 is 2.42 bits per heavy atom. The summed E-state index contributed by atoms with van der Waals surface area (Å²) in [5.74, 6) is 1.59. The number of benzene rings is 2. The van der Waals surface area contributed by atoms with Gasteiger partial charge in [-0.3, -0.25) is 14.6 Å². The van der Waals surface area contributed by atoms with Crippen LogP contribution in [-0.2, 0) is 20.7 Å². The zero-order chi connectivity index (χ0) is 33.3. The average molecular weight is 672 g/mol. The number of para-hydroxylation sites is 1. The van der Waals surface area contributed by atoms with Crippen LogP contribution in [0.5, 0.6) is 0 Å². The number of hydrogen-bond donors (Lipinski definition) is 6. The van der Waals surface area contributed by atoms with Gasteiger partial charge in [-0.15, -0.1) is 5.10 Å². The van der Waals surface area contributed by atoms with Crippen LogP contribution in [0.3, 0.4) is 0 Å². The third-order valence-electron chi connectivity index (χ3n) is 10.3. The summed E-state index contributed by atoms with van der Waals surface area (Å²) in [5.41, 5.74) is 0.821. The largest absolute Gasteiger partial charge is 0.446 e. The second kappa shape index (κ2) is 13.5. The summed E-state index contributed by atoms with van der Waals surface area (Å²) >= 11 is 1.09. The molecule has 2 aromatic carbocycles. The van der Waals surface area contributed by atoms with E-state index < -0.39 is 29.3 Å². The molecule has 252 valence electrons. The lowest BCUT2D eigenvalue weighted by molar-refractivity contribution is -0.128. The van der Waals surface area contributed by atoms with Gasteiger partial charge in [0, 0.05) is 30.1 Å². The molecule has 0 unspecified atom stereocenters. The molecule has 48 heavy (non-hydrogen) atoms. The van der Waals surface area contributed by atoms with Crippen molar-refractivity contribution in [2.75, 3.05) is 12.3 Å². The van der Waals surface area contributed by atoms with Crippen LogP contribution in [0.1, 0.15) is 56.2 Å². The molecule has 0 spiro atoms. The zero-order valence-electron chi connectivity index (χ0n) is 26.8. The van der Waals surface area contributed by atoms with Crippen LogP contribution in [0.2, 0.25) is 0 Å². The number of hydrogen-bond acceptors (Lipinski definition) is 7. The van der Waals surface area contributed by atoms with Gasteiger partial charge in [0.1, 0.15) is 11.6 Å². The molecule has 4 aliphatic carbocycles. The van der Waals surface area contributed by atoms with Crippen LogP contribution in [0.15, 0.2) is 70.7 Å². The predicted molar refractivity (Wildman–Crippen MR) is 181 cm³/mol. The van der Waals surface area contributed by atoms with Crippen molar-refractivity contribution in [1.82, 2.24) is 36.1 Å². The minimum absolute atomic E-state index is 0.00833. The van der Waals surface area contributed by atoms with Crippen molar-refractivity contribution in [2.24, 2.45) is 23.7 Å². The summed E-state index contributed by atoms with van der Waals surface area (Å²) in [6, 6.07) is 16.7. The molecular weight excluding hydrogens is 630 g/mol. The van der Waals surface area contributed by atoms with Crippen molar-refractivity contribution in [1.29, 1.82) is 0 Å². The third kappa shape index (κ3) is 7.01. The number of alkyl carbamates (subject to hydrolysis) is 1. The number of aromatic nitrogens is 4. The van der Waals surface area contributed by atoms with Gasteiger partial charge in [0.25, 0.3) is 0 Å². The molecule has 4 fully saturated rings. The molecule has 4 bridgehead atoms. The maximum atomic E-state index is 14.2. The fourth-order valence-electron chi connectivity index (χ4n) is 8.31. The number of carbonyl (C=O) groups excluding carboxylic acids is 3. The van der Waals surface area contributed by atoms with Gasteiger partial charge in [-0.2, -0.15) is 0 Å². The van der Waals surface area contributed by atoms with Crippen molar-refractivity contribution in [3.05, 3.63) is 82.4 Å². The van der Waals surface area contributed by atoms with E-state index in [0.717, 1.165) is 71.3 Å². The molecule has 0 saturated heterocycles. The summed E-state index contributed by atoms with van der Waals surface area (Å²) in [5, 5.41) is 16.4. The van der Waals surface area contributed by atoms with Crippen molar-refractivity contribution < 1.29 is 19.1 Å². The standard InChI is InChI=1S/C35H41N7O5S/c1-35(16-25-17-36-27-10-6-5-9-26(25)27,40-34(46)47-30-23-12-20-11-21(14-23)15-24(30)13-20)31(44)37-18-28(22-7-3-2-4-8-22)38-29(43)19-48-33-39-32(45)41-42-33/h2-10,17,20-21,23-24,28,30,36H,11-16,18-19H2,1H3,(H,37,44)(H,38,43)(H,40,46)(H2,39,41,42,45)/t20?,21?,23?,24?,28-,30?,35+/m0/s1. The van der Waals surface area contributed by atoms with E-state index in [4.69, 9.17) is 4.74 Å². The summed E-state index contributed by atoms with van der Waals surface area (Å²) in [7, 11) is 0. The number of aromatic amines is 3. The fraction of sp³-hybridized carbons (Fsp3) is 0.457. The van der Waals surface area contributed by atoms with Crippen LogP contribution >= 0.6 is 11.8 Å². The van der Waals surface area contributed by atoms with E-state index in [9.17, 15) is 19.2 Å². The second-order valence-corrected chi connectivity index (χ2v) is 14.8.